The second-order valence-corrected chi connectivity index (χ2v) is 2.57. The largest absolute Gasteiger partial charge is 0.475 e. The third-order valence-corrected chi connectivity index (χ3v) is 1.52. The van der Waals surface area contributed by atoms with Crippen molar-refractivity contribution in [3.05, 3.63) is 17.8 Å². The molecule has 0 aliphatic heterocycles. The molecule has 0 spiro atoms. The van der Waals surface area contributed by atoms with E-state index in [1.807, 2.05) is 0 Å². The van der Waals surface area contributed by atoms with Crippen LogP contribution >= 0.6 is 0 Å². The molecule has 0 unspecified atom stereocenters. The molecular formula is C8H12FN3O. The van der Waals surface area contributed by atoms with Crippen molar-refractivity contribution in [2.45, 2.75) is 13.3 Å². The van der Waals surface area contributed by atoms with Crippen LogP contribution in [0.15, 0.2) is 6.33 Å². The van der Waals surface area contributed by atoms with Crippen LogP contribution in [0.3, 0.4) is 0 Å². The van der Waals surface area contributed by atoms with Gasteiger partial charge in [-0.15, -0.1) is 0 Å². The Kier molecular flexibility index (Phi) is 3.57. The molecule has 0 saturated carbocycles. The van der Waals surface area contributed by atoms with E-state index in [4.69, 9.17) is 10.5 Å². The second-order valence-electron chi connectivity index (χ2n) is 2.57. The van der Waals surface area contributed by atoms with E-state index in [9.17, 15) is 4.39 Å². The van der Waals surface area contributed by atoms with Gasteiger partial charge >= 0.3 is 0 Å². The smallest absolute Gasteiger partial charge is 0.253 e. The van der Waals surface area contributed by atoms with Gasteiger partial charge in [-0.05, 0) is 19.9 Å². The van der Waals surface area contributed by atoms with Gasteiger partial charge in [0.05, 0.1) is 12.3 Å². The van der Waals surface area contributed by atoms with E-state index >= 15 is 0 Å². The highest BCUT2D eigenvalue weighted by atomic mass is 19.1. The summed E-state index contributed by atoms with van der Waals surface area (Å²) < 4.78 is 18.2. The summed E-state index contributed by atoms with van der Waals surface area (Å²) in [5.74, 6) is -0.500. The van der Waals surface area contributed by atoms with Crippen LogP contribution < -0.4 is 10.5 Å². The van der Waals surface area contributed by atoms with E-state index in [-0.39, 0.29) is 11.6 Å². The Balaban J connectivity index is 2.61. The Hall–Kier alpha value is -1.23. The van der Waals surface area contributed by atoms with Crippen LogP contribution in [0, 0.1) is 12.7 Å². The zero-order valence-corrected chi connectivity index (χ0v) is 7.46. The fourth-order valence-electron chi connectivity index (χ4n) is 0.789. The molecule has 1 aromatic rings. The fraction of sp³-hybridized carbons (Fsp3) is 0.500. The lowest BCUT2D eigenvalue weighted by molar-refractivity contribution is 0.283. The summed E-state index contributed by atoms with van der Waals surface area (Å²) >= 11 is 0. The third-order valence-electron chi connectivity index (χ3n) is 1.52. The van der Waals surface area contributed by atoms with E-state index in [2.05, 4.69) is 9.97 Å². The lowest BCUT2D eigenvalue weighted by Gasteiger charge is -2.05. The minimum Gasteiger partial charge on any atom is -0.475 e. The molecule has 0 fully saturated rings. The van der Waals surface area contributed by atoms with Crippen LogP contribution in [0.25, 0.3) is 0 Å². The molecule has 0 saturated heterocycles. The van der Waals surface area contributed by atoms with Gasteiger partial charge in [0.15, 0.2) is 0 Å². The fourth-order valence-corrected chi connectivity index (χ4v) is 0.789. The number of halogens is 1. The molecule has 5 heteroatoms. The first-order chi connectivity index (χ1) is 6.25. The highest BCUT2D eigenvalue weighted by molar-refractivity contribution is 5.15. The highest BCUT2D eigenvalue weighted by Crippen LogP contribution is 2.13. The molecule has 2 N–H and O–H groups in total. The maximum absolute atomic E-state index is 13.1. The minimum absolute atomic E-state index is 0.000880. The maximum Gasteiger partial charge on any atom is 0.253 e. The number of nitrogens with two attached hydrogens (primary N) is 1. The average Bonchev–Trinajstić information content (AvgIpc) is 2.13. The summed E-state index contributed by atoms with van der Waals surface area (Å²) in [7, 11) is 0. The molecule has 1 rings (SSSR count). The third kappa shape index (κ3) is 2.62. The Bertz CT molecular complexity index is 280. The summed E-state index contributed by atoms with van der Waals surface area (Å²) in [6.45, 7) is 2.46. The zero-order chi connectivity index (χ0) is 9.68. The van der Waals surface area contributed by atoms with Crippen LogP contribution in [0.2, 0.25) is 0 Å². The lowest BCUT2D eigenvalue weighted by Crippen LogP contribution is -2.08. The van der Waals surface area contributed by atoms with Crippen LogP contribution in [0.4, 0.5) is 4.39 Å². The zero-order valence-electron chi connectivity index (χ0n) is 7.46. The van der Waals surface area contributed by atoms with Crippen molar-refractivity contribution in [3.8, 4) is 5.88 Å². The van der Waals surface area contributed by atoms with Crippen LogP contribution in [-0.2, 0) is 0 Å². The van der Waals surface area contributed by atoms with Crippen LogP contribution in [-0.4, -0.2) is 23.1 Å². The molecule has 0 amide bonds. The van der Waals surface area contributed by atoms with E-state index in [1.54, 1.807) is 6.92 Å². The number of hydrogen-bond acceptors (Lipinski definition) is 4. The number of nitrogens with zero attached hydrogens (tertiary/aromatic N) is 2. The van der Waals surface area contributed by atoms with Gasteiger partial charge in [0.25, 0.3) is 5.88 Å². The van der Waals surface area contributed by atoms with Crippen molar-refractivity contribution in [1.29, 1.82) is 0 Å². The van der Waals surface area contributed by atoms with Gasteiger partial charge in [0.1, 0.15) is 6.33 Å². The maximum atomic E-state index is 13.1. The first kappa shape index (κ1) is 9.85. The number of rotatable bonds is 4. The Morgan fingerprint density at radius 2 is 2.31 bits per heavy atom. The molecule has 72 valence electrons. The van der Waals surface area contributed by atoms with Crippen LogP contribution in [0.5, 0.6) is 5.88 Å². The number of ether oxygens (including phenoxy) is 1. The molecular weight excluding hydrogens is 173 g/mol. The second kappa shape index (κ2) is 4.71. The van der Waals surface area contributed by atoms with Gasteiger partial charge in [-0.3, -0.25) is 0 Å². The monoisotopic (exact) mass is 185 g/mol. The SMILES string of the molecule is Cc1ncnc(OCCCN)c1F. The van der Waals surface area contributed by atoms with Crippen molar-refractivity contribution in [1.82, 2.24) is 9.97 Å². The Labute approximate surface area is 75.9 Å². The predicted octanol–water partition coefficient (Wildman–Crippen LogP) is 0.652. The topological polar surface area (TPSA) is 61.0 Å². The Morgan fingerprint density at radius 1 is 1.54 bits per heavy atom. The molecule has 0 aliphatic carbocycles. The number of aryl methyl sites for hydroxylation is 1. The van der Waals surface area contributed by atoms with E-state index < -0.39 is 5.82 Å². The van der Waals surface area contributed by atoms with Gasteiger partial charge in [0, 0.05) is 0 Å². The highest BCUT2D eigenvalue weighted by Gasteiger charge is 2.07. The van der Waals surface area contributed by atoms with Gasteiger partial charge in [-0.1, -0.05) is 0 Å². The number of aromatic nitrogens is 2. The molecule has 0 aliphatic rings. The standard InChI is InChI=1S/C8H12FN3O/c1-6-7(9)8(12-5-11-6)13-4-2-3-10/h5H,2-4,10H2,1H3. The van der Waals surface area contributed by atoms with Crippen molar-refractivity contribution >= 4 is 0 Å². The first-order valence-electron chi connectivity index (χ1n) is 4.05. The first-order valence-corrected chi connectivity index (χ1v) is 4.05. The summed E-state index contributed by atoms with van der Waals surface area (Å²) in [6, 6.07) is 0. The molecule has 13 heavy (non-hydrogen) atoms. The molecule has 0 bridgehead atoms. The van der Waals surface area contributed by atoms with E-state index in [1.165, 1.54) is 6.33 Å². The van der Waals surface area contributed by atoms with Crippen molar-refractivity contribution in [2.75, 3.05) is 13.2 Å². The van der Waals surface area contributed by atoms with Gasteiger partial charge in [-0.25, -0.2) is 4.98 Å². The molecule has 0 aromatic carbocycles. The van der Waals surface area contributed by atoms with Gasteiger partial charge in [-0.2, -0.15) is 9.37 Å². The molecule has 0 atom stereocenters. The summed E-state index contributed by atoms with van der Waals surface area (Å²) in [5, 5.41) is 0. The van der Waals surface area contributed by atoms with E-state index in [0.717, 1.165) is 0 Å². The molecule has 1 heterocycles. The van der Waals surface area contributed by atoms with Crippen molar-refractivity contribution < 1.29 is 9.13 Å². The predicted molar refractivity (Wildman–Crippen MR) is 45.9 cm³/mol. The summed E-state index contributed by atoms with van der Waals surface area (Å²) in [5.41, 5.74) is 5.54. The minimum atomic E-state index is -0.500. The van der Waals surface area contributed by atoms with Gasteiger partial charge in [0.2, 0.25) is 5.82 Å². The lowest BCUT2D eigenvalue weighted by atomic mass is 10.4. The Morgan fingerprint density at radius 3 is 3.00 bits per heavy atom. The quantitative estimate of drug-likeness (QED) is 0.700. The molecule has 4 nitrogen and oxygen atoms in total. The summed E-state index contributed by atoms with van der Waals surface area (Å²) in [6.07, 6.45) is 1.96. The summed E-state index contributed by atoms with van der Waals surface area (Å²) in [4.78, 5) is 7.34. The van der Waals surface area contributed by atoms with Crippen molar-refractivity contribution in [2.24, 2.45) is 5.73 Å². The molecule has 0 radical (unpaired) electrons. The average molecular weight is 185 g/mol. The van der Waals surface area contributed by atoms with Gasteiger partial charge < -0.3 is 10.5 Å². The van der Waals surface area contributed by atoms with Crippen molar-refractivity contribution in [3.63, 3.8) is 0 Å². The normalized spacial score (nSPS) is 10.1. The molecule has 1 aromatic heterocycles. The van der Waals surface area contributed by atoms with Crippen LogP contribution in [0.1, 0.15) is 12.1 Å². The number of hydrogen-bond donors (Lipinski definition) is 1. The van der Waals surface area contributed by atoms with E-state index in [0.29, 0.717) is 19.6 Å².